The van der Waals surface area contributed by atoms with Crippen molar-refractivity contribution in [2.45, 2.75) is 50.2 Å². The van der Waals surface area contributed by atoms with Gasteiger partial charge in [-0.05, 0) is 43.4 Å². The van der Waals surface area contributed by atoms with Crippen molar-refractivity contribution in [2.24, 2.45) is 5.73 Å². The number of benzene rings is 1. The predicted octanol–water partition coefficient (Wildman–Crippen LogP) is 2.21. The summed E-state index contributed by atoms with van der Waals surface area (Å²) in [6, 6.07) is 12.3. The fourth-order valence-corrected chi connectivity index (χ4v) is 3.52. The molecule has 0 amide bonds. The molecule has 0 saturated carbocycles. The molecule has 2 atom stereocenters. The Labute approximate surface area is 108 Å². The van der Waals surface area contributed by atoms with E-state index in [0.29, 0.717) is 24.5 Å². The predicted molar refractivity (Wildman–Crippen MR) is 72.3 cm³/mol. The third-order valence-electron chi connectivity index (χ3n) is 4.29. The molecule has 0 aromatic heterocycles. The Balaban J connectivity index is 1.81. The standard InChI is InChI=1S/C15H19N3/c16-8-7-11-1-3-13(4-2-11)18-14-5-6-15(18)10-12(17)9-14/h1-4,12,14-15H,5-7,9-10,17H2. The van der Waals surface area contributed by atoms with Crippen molar-refractivity contribution in [3.63, 3.8) is 0 Å². The minimum atomic E-state index is 0.386. The van der Waals surface area contributed by atoms with Crippen LogP contribution in [0.4, 0.5) is 5.69 Å². The van der Waals surface area contributed by atoms with Gasteiger partial charge in [-0.15, -0.1) is 0 Å². The number of hydrogen-bond donors (Lipinski definition) is 1. The van der Waals surface area contributed by atoms with E-state index in [1.54, 1.807) is 0 Å². The summed E-state index contributed by atoms with van der Waals surface area (Å²) in [5.41, 5.74) is 8.50. The van der Waals surface area contributed by atoms with Gasteiger partial charge in [0.15, 0.2) is 0 Å². The van der Waals surface area contributed by atoms with E-state index >= 15 is 0 Å². The second kappa shape index (κ2) is 4.62. The highest BCUT2D eigenvalue weighted by Gasteiger charge is 2.39. The highest BCUT2D eigenvalue weighted by molar-refractivity contribution is 5.51. The SMILES string of the molecule is N#CCc1ccc(N2C3CCC2CC(N)C3)cc1. The highest BCUT2D eigenvalue weighted by Crippen LogP contribution is 2.38. The normalized spacial score (nSPS) is 30.2. The van der Waals surface area contributed by atoms with Crippen LogP contribution < -0.4 is 10.6 Å². The van der Waals surface area contributed by atoms with Crippen molar-refractivity contribution in [3.8, 4) is 6.07 Å². The third-order valence-corrected chi connectivity index (χ3v) is 4.29. The molecule has 2 heterocycles. The van der Waals surface area contributed by atoms with E-state index in [2.05, 4.69) is 35.2 Å². The van der Waals surface area contributed by atoms with Crippen LogP contribution >= 0.6 is 0 Å². The van der Waals surface area contributed by atoms with E-state index in [4.69, 9.17) is 11.0 Å². The molecule has 94 valence electrons. The second-order valence-electron chi connectivity index (χ2n) is 5.53. The molecule has 0 radical (unpaired) electrons. The van der Waals surface area contributed by atoms with Crippen molar-refractivity contribution in [3.05, 3.63) is 29.8 Å². The van der Waals surface area contributed by atoms with Crippen LogP contribution in [0.2, 0.25) is 0 Å². The third kappa shape index (κ3) is 1.97. The van der Waals surface area contributed by atoms with E-state index in [0.717, 1.165) is 18.4 Å². The van der Waals surface area contributed by atoms with Gasteiger partial charge in [-0.2, -0.15) is 5.26 Å². The van der Waals surface area contributed by atoms with Crippen LogP contribution in [0.3, 0.4) is 0 Å². The van der Waals surface area contributed by atoms with Gasteiger partial charge in [0, 0.05) is 23.8 Å². The summed E-state index contributed by atoms with van der Waals surface area (Å²) in [6.07, 6.45) is 5.29. The minimum Gasteiger partial charge on any atom is -0.365 e. The summed E-state index contributed by atoms with van der Waals surface area (Å²) >= 11 is 0. The Bertz CT molecular complexity index is 446. The van der Waals surface area contributed by atoms with Crippen LogP contribution in [0.25, 0.3) is 0 Å². The first kappa shape index (κ1) is 11.6. The van der Waals surface area contributed by atoms with Crippen LogP contribution in [0.1, 0.15) is 31.2 Å². The maximum Gasteiger partial charge on any atom is 0.0669 e. The molecule has 1 aromatic rings. The van der Waals surface area contributed by atoms with Gasteiger partial charge in [0.25, 0.3) is 0 Å². The molecule has 0 aliphatic carbocycles. The van der Waals surface area contributed by atoms with E-state index in [9.17, 15) is 0 Å². The zero-order chi connectivity index (χ0) is 12.5. The fourth-order valence-electron chi connectivity index (χ4n) is 3.52. The summed E-state index contributed by atoms with van der Waals surface area (Å²) in [6.45, 7) is 0. The Morgan fingerprint density at radius 1 is 1.17 bits per heavy atom. The first-order chi connectivity index (χ1) is 8.78. The van der Waals surface area contributed by atoms with Gasteiger partial charge in [0.05, 0.1) is 12.5 Å². The number of rotatable bonds is 2. The van der Waals surface area contributed by atoms with Gasteiger partial charge in [0.1, 0.15) is 0 Å². The molecule has 2 N–H and O–H groups in total. The fraction of sp³-hybridized carbons (Fsp3) is 0.533. The molecule has 2 aliphatic rings. The molecule has 3 heteroatoms. The number of nitrogens with two attached hydrogens (primary N) is 1. The quantitative estimate of drug-likeness (QED) is 0.863. The zero-order valence-electron chi connectivity index (χ0n) is 10.5. The van der Waals surface area contributed by atoms with Crippen LogP contribution in [-0.4, -0.2) is 18.1 Å². The number of anilines is 1. The van der Waals surface area contributed by atoms with Crippen LogP contribution in [0, 0.1) is 11.3 Å². The first-order valence-corrected chi connectivity index (χ1v) is 6.77. The monoisotopic (exact) mass is 241 g/mol. The average molecular weight is 241 g/mol. The summed E-state index contributed by atoms with van der Waals surface area (Å²) in [4.78, 5) is 2.56. The van der Waals surface area contributed by atoms with Crippen molar-refractivity contribution in [2.75, 3.05) is 4.90 Å². The molecule has 2 unspecified atom stereocenters. The van der Waals surface area contributed by atoms with E-state index in [1.807, 2.05) is 0 Å². The molecule has 2 saturated heterocycles. The molecule has 2 aliphatic heterocycles. The Kier molecular flexibility index (Phi) is 2.97. The highest BCUT2D eigenvalue weighted by atomic mass is 15.2. The smallest absolute Gasteiger partial charge is 0.0669 e. The lowest BCUT2D eigenvalue weighted by molar-refractivity contribution is 0.414. The largest absolute Gasteiger partial charge is 0.365 e. The maximum absolute atomic E-state index is 8.69. The van der Waals surface area contributed by atoms with Crippen LogP contribution in [0.5, 0.6) is 0 Å². The number of fused-ring (bicyclic) bond motifs is 2. The van der Waals surface area contributed by atoms with Gasteiger partial charge in [-0.25, -0.2) is 0 Å². The first-order valence-electron chi connectivity index (χ1n) is 6.77. The van der Waals surface area contributed by atoms with Crippen molar-refractivity contribution in [1.29, 1.82) is 5.26 Å². The molecule has 18 heavy (non-hydrogen) atoms. The van der Waals surface area contributed by atoms with Gasteiger partial charge in [-0.3, -0.25) is 0 Å². The lowest BCUT2D eigenvalue weighted by Crippen LogP contribution is -2.47. The molecular weight excluding hydrogens is 222 g/mol. The molecule has 3 rings (SSSR count). The zero-order valence-corrected chi connectivity index (χ0v) is 10.5. The van der Waals surface area contributed by atoms with Gasteiger partial charge >= 0.3 is 0 Å². The summed E-state index contributed by atoms with van der Waals surface area (Å²) in [5.74, 6) is 0. The van der Waals surface area contributed by atoms with Gasteiger partial charge < -0.3 is 10.6 Å². The molecular formula is C15H19N3. The molecule has 1 aromatic carbocycles. The van der Waals surface area contributed by atoms with E-state index in [1.165, 1.54) is 18.5 Å². The van der Waals surface area contributed by atoms with Gasteiger partial charge in [-0.1, -0.05) is 12.1 Å². The number of nitriles is 1. The summed E-state index contributed by atoms with van der Waals surface area (Å²) < 4.78 is 0. The Morgan fingerprint density at radius 2 is 1.78 bits per heavy atom. The maximum atomic E-state index is 8.69. The number of piperidine rings is 1. The topological polar surface area (TPSA) is 53.0 Å². The van der Waals surface area contributed by atoms with Gasteiger partial charge in [0.2, 0.25) is 0 Å². The van der Waals surface area contributed by atoms with E-state index in [-0.39, 0.29) is 0 Å². The lowest BCUT2D eigenvalue weighted by Gasteiger charge is -2.39. The summed E-state index contributed by atoms with van der Waals surface area (Å²) in [5, 5.41) is 8.69. The van der Waals surface area contributed by atoms with Crippen molar-refractivity contribution in [1.82, 2.24) is 0 Å². The molecule has 2 bridgehead atoms. The summed E-state index contributed by atoms with van der Waals surface area (Å²) in [7, 11) is 0. The van der Waals surface area contributed by atoms with Crippen LogP contribution in [0.15, 0.2) is 24.3 Å². The Hall–Kier alpha value is -1.53. The average Bonchev–Trinajstić information content (AvgIpc) is 2.64. The number of hydrogen-bond acceptors (Lipinski definition) is 3. The Morgan fingerprint density at radius 3 is 2.33 bits per heavy atom. The van der Waals surface area contributed by atoms with Crippen molar-refractivity contribution < 1.29 is 0 Å². The second-order valence-corrected chi connectivity index (χ2v) is 5.53. The number of nitrogens with zero attached hydrogens (tertiary/aromatic N) is 2. The minimum absolute atomic E-state index is 0.386. The molecule has 0 spiro atoms. The lowest BCUT2D eigenvalue weighted by atomic mass is 9.97. The molecule has 3 nitrogen and oxygen atoms in total. The van der Waals surface area contributed by atoms with E-state index < -0.39 is 0 Å². The molecule has 2 fully saturated rings. The van der Waals surface area contributed by atoms with Crippen LogP contribution in [-0.2, 0) is 6.42 Å². The van der Waals surface area contributed by atoms with Crippen molar-refractivity contribution >= 4 is 5.69 Å².